The van der Waals surface area contributed by atoms with E-state index in [-0.39, 0.29) is 25.5 Å². The van der Waals surface area contributed by atoms with Crippen molar-refractivity contribution < 1.29 is 41.8 Å². The van der Waals surface area contributed by atoms with Gasteiger partial charge in [0.15, 0.2) is 0 Å². The first kappa shape index (κ1) is 41.5. The molecule has 0 spiro atoms. The molecular weight excluding hydrogens is 762 g/mol. The van der Waals surface area contributed by atoms with Gasteiger partial charge in [0.05, 0.1) is 22.9 Å². The lowest BCUT2D eigenvalue weighted by Crippen LogP contribution is -2.58. The van der Waals surface area contributed by atoms with E-state index in [0.717, 1.165) is 18.4 Å². The van der Waals surface area contributed by atoms with Crippen LogP contribution in [-0.4, -0.2) is 88.8 Å². The van der Waals surface area contributed by atoms with Crippen molar-refractivity contribution in [2.24, 2.45) is 5.92 Å². The van der Waals surface area contributed by atoms with Crippen molar-refractivity contribution >= 4 is 56.3 Å². The summed E-state index contributed by atoms with van der Waals surface area (Å²) in [7, 11) is -4.00. The molecule has 4 amide bonds. The first-order chi connectivity index (χ1) is 26.2. The van der Waals surface area contributed by atoms with Gasteiger partial charge in [0, 0.05) is 28.8 Å². The minimum Gasteiger partial charge on any atom is -0.488 e. The van der Waals surface area contributed by atoms with Gasteiger partial charge in [0.25, 0.3) is 5.91 Å². The zero-order valence-corrected chi connectivity index (χ0v) is 34.8. The number of fused-ring (bicyclic) bond motifs is 3. The quantitative estimate of drug-likeness (QED) is 0.283. The first-order valence-electron chi connectivity index (χ1n) is 19.5. The number of sulfonamides is 1. The molecule has 5 atom stereocenters. The highest BCUT2D eigenvalue weighted by atomic mass is 35.5. The van der Waals surface area contributed by atoms with E-state index in [9.17, 15) is 27.6 Å². The van der Waals surface area contributed by atoms with Crippen LogP contribution in [0.3, 0.4) is 0 Å². The lowest BCUT2D eigenvalue weighted by molar-refractivity contribution is -0.141. The van der Waals surface area contributed by atoms with E-state index in [1.165, 1.54) is 4.90 Å². The van der Waals surface area contributed by atoms with Crippen molar-refractivity contribution in [1.82, 2.24) is 25.2 Å². The number of hydrogen-bond acceptors (Lipinski definition) is 10. The molecule has 2 aliphatic heterocycles. The molecule has 1 saturated heterocycles. The van der Waals surface area contributed by atoms with Gasteiger partial charge < -0.3 is 29.7 Å². The summed E-state index contributed by atoms with van der Waals surface area (Å²) in [6.45, 7) is 12.3. The molecule has 0 bridgehead atoms. The molecule has 2 aromatic rings. The molecule has 0 radical (unpaired) electrons. The van der Waals surface area contributed by atoms with Gasteiger partial charge in [-0.2, -0.15) is 0 Å². The zero-order chi connectivity index (χ0) is 40.8. The molecule has 56 heavy (non-hydrogen) atoms. The fourth-order valence-electron chi connectivity index (χ4n) is 7.33. The molecule has 3 N–H and O–H groups in total. The fourth-order valence-corrected chi connectivity index (χ4v) is 8.79. The maximum Gasteiger partial charge on any atom is 0.408 e. The molecule has 3 fully saturated rings. The van der Waals surface area contributed by atoms with E-state index in [1.807, 2.05) is 32.9 Å². The summed E-state index contributed by atoms with van der Waals surface area (Å²) in [6, 6.07) is 3.05. The van der Waals surface area contributed by atoms with Crippen LogP contribution in [-0.2, 0) is 29.1 Å². The Hall–Kier alpha value is -4.11. The van der Waals surface area contributed by atoms with E-state index in [1.54, 1.807) is 45.9 Å². The third kappa shape index (κ3) is 9.03. The van der Waals surface area contributed by atoms with E-state index in [0.29, 0.717) is 59.7 Å². The summed E-state index contributed by atoms with van der Waals surface area (Å²) in [5.74, 6) is -1.67. The number of halogens is 1. The second-order valence-electron chi connectivity index (χ2n) is 17.1. The number of rotatable bonds is 8. The topological polar surface area (TPSA) is 182 Å². The van der Waals surface area contributed by atoms with Crippen molar-refractivity contribution in [2.45, 2.75) is 146 Å². The molecule has 14 nitrogen and oxygen atoms in total. The van der Waals surface area contributed by atoms with Crippen LogP contribution in [0, 0.1) is 12.8 Å². The number of carbonyl (C=O) groups excluding carboxylic acids is 4. The average Bonchev–Trinajstić information content (AvgIpc) is 3.97. The van der Waals surface area contributed by atoms with Crippen molar-refractivity contribution in [3.63, 3.8) is 0 Å². The molecule has 2 aliphatic carbocycles. The number of allylic oxidation sites excluding steroid dienone is 1. The van der Waals surface area contributed by atoms with Gasteiger partial charge in [-0.3, -0.25) is 19.1 Å². The predicted molar refractivity (Wildman–Crippen MR) is 211 cm³/mol. The number of benzene rings is 1. The molecule has 306 valence electrons. The smallest absolute Gasteiger partial charge is 0.408 e. The van der Waals surface area contributed by atoms with Gasteiger partial charge in [0.1, 0.15) is 35.1 Å². The van der Waals surface area contributed by atoms with E-state index in [4.69, 9.17) is 25.8 Å². The van der Waals surface area contributed by atoms with Crippen LogP contribution in [0.15, 0.2) is 30.4 Å². The van der Waals surface area contributed by atoms with Crippen LogP contribution < -0.4 is 24.8 Å². The largest absolute Gasteiger partial charge is 0.488 e. The predicted octanol–water partition coefficient (Wildman–Crippen LogP) is 5.62. The van der Waals surface area contributed by atoms with Gasteiger partial charge in [0.2, 0.25) is 27.7 Å². The maximum absolute atomic E-state index is 14.6. The van der Waals surface area contributed by atoms with Crippen molar-refractivity contribution in [1.29, 1.82) is 0 Å². The Morgan fingerprint density at radius 2 is 1.86 bits per heavy atom. The molecule has 4 aliphatic rings. The van der Waals surface area contributed by atoms with Gasteiger partial charge in [-0.25, -0.2) is 18.2 Å². The number of nitrogens with zero attached hydrogens (tertiary/aromatic N) is 2. The van der Waals surface area contributed by atoms with E-state index < -0.39 is 73.8 Å². The number of nitrogens with one attached hydrogen (secondary N) is 3. The summed E-state index contributed by atoms with van der Waals surface area (Å²) < 4.78 is 45.7. The summed E-state index contributed by atoms with van der Waals surface area (Å²) in [5.41, 5.74) is -1.05. The van der Waals surface area contributed by atoms with Crippen LogP contribution in [0.4, 0.5) is 4.79 Å². The molecule has 16 heteroatoms. The van der Waals surface area contributed by atoms with Crippen LogP contribution in [0.5, 0.6) is 11.6 Å². The summed E-state index contributed by atoms with van der Waals surface area (Å²) >= 11 is 6.47. The highest BCUT2D eigenvalue weighted by Gasteiger charge is 2.63. The van der Waals surface area contributed by atoms with E-state index >= 15 is 0 Å². The van der Waals surface area contributed by atoms with Crippen LogP contribution in [0.25, 0.3) is 10.9 Å². The summed E-state index contributed by atoms with van der Waals surface area (Å²) in [6.07, 6.45) is 6.35. The SMILES string of the molecule is Cc1c(Cl)ccc2c(O[C@@H]3C[C@H]4C(=O)N[C@]5(C(=O)NS(=O)(=O)C6(C)CC6)CC5/C=C\CCCCC[C@H](NC(=O)OC(C)(C)C)C(=O)N4C3)cc(OC(C)C)nc12. The minimum atomic E-state index is -4.00. The number of ether oxygens (including phenoxy) is 3. The summed E-state index contributed by atoms with van der Waals surface area (Å²) in [4.78, 5) is 62.1. The molecule has 3 heterocycles. The van der Waals surface area contributed by atoms with Crippen LogP contribution in [0.1, 0.15) is 105 Å². The molecule has 1 unspecified atom stereocenters. The maximum atomic E-state index is 14.6. The Balaban J connectivity index is 1.35. The monoisotopic (exact) mass is 815 g/mol. The Bertz CT molecular complexity index is 2030. The van der Waals surface area contributed by atoms with Crippen molar-refractivity contribution in [3.8, 4) is 11.6 Å². The van der Waals surface area contributed by atoms with Crippen molar-refractivity contribution in [3.05, 3.63) is 40.9 Å². The lowest BCUT2D eigenvalue weighted by atomic mass is 10.0. The summed E-state index contributed by atoms with van der Waals surface area (Å²) in [5, 5.41) is 6.82. The zero-order valence-electron chi connectivity index (χ0n) is 33.2. The highest BCUT2D eigenvalue weighted by molar-refractivity contribution is 7.91. The van der Waals surface area contributed by atoms with Crippen LogP contribution in [0.2, 0.25) is 5.02 Å². The number of aryl methyl sites for hydroxylation is 1. The molecule has 1 aromatic carbocycles. The average molecular weight is 816 g/mol. The fraction of sp³-hybridized carbons (Fsp3) is 0.625. The number of aromatic nitrogens is 1. The third-order valence-corrected chi connectivity index (χ3v) is 13.5. The van der Waals surface area contributed by atoms with E-state index in [2.05, 4.69) is 20.3 Å². The molecular formula is C40H54ClN5O9S. The van der Waals surface area contributed by atoms with Gasteiger partial charge in [-0.15, -0.1) is 0 Å². The van der Waals surface area contributed by atoms with Crippen molar-refractivity contribution in [2.75, 3.05) is 6.54 Å². The highest BCUT2D eigenvalue weighted by Crippen LogP contribution is 2.47. The van der Waals surface area contributed by atoms with Gasteiger partial charge in [-0.1, -0.05) is 36.6 Å². The molecule has 1 aromatic heterocycles. The second-order valence-corrected chi connectivity index (χ2v) is 19.7. The number of carbonyl (C=O) groups is 4. The number of pyridine rings is 1. The number of alkyl carbamates (subject to hydrolysis) is 1. The number of hydrogen-bond donors (Lipinski definition) is 3. The standard InChI is InChI=1S/C40H54ClN5O9S/c1-23(2)53-32-20-31(27-15-16-28(41)24(3)33(27)43-32)54-26-19-30-34(47)44-40(36(49)45-56(51,52)39(7)17-18-39)21-25(40)13-11-9-8-10-12-14-29(35(48)46(30)22-26)42-37(50)55-38(4,5)6/h11,13,15-16,20,23,25-26,29-30H,8-10,12,14,17-19,21-22H2,1-7H3,(H,42,50)(H,44,47)(H,45,49)/b13-11-/t25?,26-,29+,30+,40-/m1/s1. The Morgan fingerprint density at radius 3 is 2.54 bits per heavy atom. The minimum absolute atomic E-state index is 0.0298. The lowest BCUT2D eigenvalue weighted by Gasteiger charge is -2.30. The normalized spacial score (nSPS) is 27.2. The third-order valence-electron chi connectivity index (χ3n) is 10.9. The Labute approximate surface area is 333 Å². The molecule has 6 rings (SSSR count). The number of amides is 4. The van der Waals surface area contributed by atoms with Crippen LogP contribution >= 0.6 is 11.6 Å². The van der Waals surface area contributed by atoms with Gasteiger partial charge in [-0.05, 0) is 105 Å². The Morgan fingerprint density at radius 1 is 1.12 bits per heavy atom. The second kappa shape index (κ2) is 15.7. The van der Waals surface area contributed by atoms with Gasteiger partial charge >= 0.3 is 6.09 Å². The molecule has 2 saturated carbocycles. The first-order valence-corrected chi connectivity index (χ1v) is 21.4. The Kier molecular flexibility index (Phi) is 11.6.